The standard InChI is InChI=1S/C10H15N.C9H20N2.C9H19NOS.C9H19N.C8H18N2.C8H17NO2S.C8H17N.C7H15NO2S.C7H15N.9C2H6/c1-9(2)11(3)10-7-5-4-6-8-10;1-9(2,3)11-7-5-10(4)6-8-11;1-9(2,3)10-5-7-12(4,11)8-6-10;1-9(2,3)10-7-5-4-6-8-10;1-8(2,3)10-7-5-6-9(10)4;1-8(2,3)9-5-4-6-12(10,11)7-9;1-8(2,3)9-6-4-5-7-9;1-7(2,3)8-4-5-11(9,10)6-8;1-7(2,3)8-5-4-6-8;9*1-2/h4-9H,1-3H3;5-8H2,1-4H3;4-8H2,1-3H3;4-8H2,1-3H3;5-7H2,1-4H3;4-7H2,1-3H3;4-7H2,1-3H3;4-6H2,1-3H3;4-6H2,1-3H3;9*1-2H3. The number of piperidine rings is 1. The van der Waals surface area contributed by atoms with E-state index in [0.29, 0.717) is 51.8 Å². The highest BCUT2D eigenvalue weighted by Gasteiger charge is 2.34. The predicted octanol–water partition coefficient (Wildman–Crippen LogP) is 21.9. The molecule has 112 heavy (non-hydrogen) atoms. The molecule has 8 aliphatic rings. The first-order valence-corrected chi connectivity index (χ1v) is 51.1. The summed E-state index contributed by atoms with van der Waals surface area (Å²) in [5, 5.41) is 4.74. The van der Waals surface area contributed by atoms with Crippen LogP contribution in [0.3, 0.4) is 0 Å². The lowest BCUT2D eigenvalue weighted by atomic mass is 10.0. The molecule has 16 nitrogen and oxygen atoms in total. The molecule has 0 saturated carbocycles. The van der Waals surface area contributed by atoms with Crippen LogP contribution in [0.1, 0.15) is 356 Å². The van der Waals surface area contributed by atoms with E-state index in [9.17, 15) is 21.0 Å². The maximum atomic E-state index is 11.5. The Hall–Kier alpha value is -1.46. The maximum absolute atomic E-state index is 11.5. The summed E-state index contributed by atoms with van der Waals surface area (Å²) in [5.74, 6) is 6.43. The zero-order chi connectivity index (χ0) is 90.8. The van der Waals surface area contributed by atoms with Crippen LogP contribution >= 0.6 is 0 Å². The van der Waals surface area contributed by atoms with Gasteiger partial charge in [-0.2, -0.15) is 0 Å². The Morgan fingerprint density at radius 3 is 0.777 bits per heavy atom. The smallest absolute Gasteiger partial charge is 0.164 e. The van der Waals surface area contributed by atoms with Crippen molar-refractivity contribution in [2.24, 2.45) is 0 Å². The highest BCUT2D eigenvalue weighted by molar-refractivity contribution is 8.00. The summed E-state index contributed by atoms with van der Waals surface area (Å²) in [7, 11) is -0.789. The second kappa shape index (κ2) is 67.2. The number of likely N-dealkylation sites (N-methyl/N-ethyl adjacent to an activating group) is 1. The molecule has 9 rings (SSSR count). The first-order chi connectivity index (χ1) is 51.5. The van der Waals surface area contributed by atoms with Crippen molar-refractivity contribution in [3.8, 4) is 0 Å². The Labute approximate surface area is 708 Å². The number of likely N-dealkylation sites (tertiary alicyclic amines) is 3. The summed E-state index contributed by atoms with van der Waals surface area (Å²) < 4.78 is 56.2. The van der Waals surface area contributed by atoms with Crippen molar-refractivity contribution >= 4 is 40.8 Å². The van der Waals surface area contributed by atoms with Crippen LogP contribution in [0, 0.1) is 0 Å². The first-order valence-electron chi connectivity index (χ1n) is 45.4. The van der Waals surface area contributed by atoms with Gasteiger partial charge < -0.3 is 9.80 Å². The molecule has 1 aromatic carbocycles. The van der Waals surface area contributed by atoms with Gasteiger partial charge in [-0.05, 0) is 299 Å². The average Bonchev–Trinajstić information content (AvgIpc) is 1.79. The van der Waals surface area contributed by atoms with Crippen LogP contribution in [0.15, 0.2) is 30.3 Å². The number of rotatable bonds is 2. The third-order valence-electron chi connectivity index (χ3n) is 19.2. The minimum atomic E-state index is -2.79. The summed E-state index contributed by atoms with van der Waals surface area (Å²) in [6, 6.07) is 11.0. The van der Waals surface area contributed by atoms with E-state index < -0.39 is 29.2 Å². The number of hydrogen-bond donors (Lipinski definition) is 0. The Kier molecular flexibility index (Phi) is 77.2. The molecule has 684 valence electrons. The predicted molar refractivity (Wildman–Crippen MR) is 517 cm³/mol. The number of anilines is 1. The van der Waals surface area contributed by atoms with E-state index in [4.69, 9.17) is 0 Å². The molecular weight excluding hydrogens is 1450 g/mol. The van der Waals surface area contributed by atoms with Gasteiger partial charge >= 0.3 is 0 Å². The largest absolute Gasteiger partial charge is 0.372 e. The van der Waals surface area contributed by atoms with Gasteiger partial charge in [0.05, 0.1) is 11.5 Å². The average molecular weight is 1660 g/mol. The van der Waals surface area contributed by atoms with Gasteiger partial charge in [0.15, 0.2) is 19.7 Å². The highest BCUT2D eigenvalue weighted by Crippen LogP contribution is 2.25. The van der Waals surface area contributed by atoms with Gasteiger partial charge in [0, 0.05) is 147 Å². The molecule has 0 aromatic heterocycles. The number of hydrazine groups is 1. The summed E-state index contributed by atoms with van der Waals surface area (Å²) in [6.45, 7) is 112. The Morgan fingerprint density at radius 2 is 0.562 bits per heavy atom. The van der Waals surface area contributed by atoms with Gasteiger partial charge in [0.2, 0.25) is 0 Å². The van der Waals surface area contributed by atoms with Crippen molar-refractivity contribution < 1.29 is 21.0 Å². The number of sulfone groups is 2. The Morgan fingerprint density at radius 1 is 0.304 bits per heavy atom. The van der Waals surface area contributed by atoms with Gasteiger partial charge in [0.1, 0.15) is 11.8 Å². The van der Waals surface area contributed by atoms with E-state index in [-0.39, 0.29) is 28.4 Å². The molecule has 8 heterocycles. The topological polar surface area (TPSA) is 121 Å². The quantitative estimate of drug-likeness (QED) is 0.261. The molecule has 19 heteroatoms. The van der Waals surface area contributed by atoms with Gasteiger partial charge in [0.25, 0.3) is 0 Å². The van der Waals surface area contributed by atoms with Gasteiger partial charge in [-0.3, -0.25) is 38.5 Å². The normalized spacial score (nSPS) is 19.5. The van der Waals surface area contributed by atoms with Gasteiger partial charge in [-0.25, -0.2) is 26.9 Å². The lowest BCUT2D eigenvalue weighted by molar-refractivity contribution is -0.0269. The van der Waals surface area contributed by atoms with Crippen LogP contribution in [0.5, 0.6) is 0 Å². The lowest BCUT2D eigenvalue weighted by Gasteiger charge is -2.42. The molecule has 8 saturated heterocycles. The van der Waals surface area contributed by atoms with Crippen molar-refractivity contribution in [1.82, 2.24) is 49.2 Å². The molecule has 0 atom stereocenters. The monoisotopic (exact) mass is 1660 g/mol. The molecule has 0 unspecified atom stereocenters. The van der Waals surface area contributed by atoms with Crippen LogP contribution < -0.4 is 4.90 Å². The second-order valence-corrected chi connectivity index (χ2v) is 43.1. The van der Waals surface area contributed by atoms with E-state index >= 15 is 0 Å². The van der Waals surface area contributed by atoms with Crippen LogP contribution in [0.25, 0.3) is 0 Å². The van der Waals surface area contributed by atoms with Crippen LogP contribution in [-0.4, -0.2) is 287 Å². The fourth-order valence-electron chi connectivity index (χ4n) is 11.9. The zero-order valence-electron chi connectivity index (χ0n) is 85.1. The molecule has 0 N–H and O–H groups in total. The minimum Gasteiger partial charge on any atom is -0.372 e. The summed E-state index contributed by atoms with van der Waals surface area (Å²) >= 11 is 0. The maximum Gasteiger partial charge on any atom is 0.164 e. The molecule has 0 spiro atoms. The van der Waals surface area contributed by atoms with E-state index in [2.05, 4.69) is 234 Å². The highest BCUT2D eigenvalue weighted by atomic mass is 32.2. The molecule has 8 aliphatic heterocycles. The third-order valence-corrected chi connectivity index (χ3v) is 24.1. The summed E-state index contributed by atoms with van der Waals surface area (Å²) in [5.41, 5.74) is 3.39. The molecule has 0 amide bonds. The van der Waals surface area contributed by atoms with Crippen LogP contribution in [0.2, 0.25) is 0 Å². The summed E-state index contributed by atoms with van der Waals surface area (Å²) in [4.78, 5) is 21.2. The molecule has 0 aliphatic carbocycles. The van der Waals surface area contributed by atoms with Crippen LogP contribution in [-0.2, 0) is 29.2 Å². The zero-order valence-corrected chi connectivity index (χ0v) is 87.5. The molecule has 8 fully saturated rings. The second-order valence-electron chi connectivity index (χ2n) is 36.0. The Balaban J connectivity index is -0.000000148. The number of hydrogen-bond acceptors (Lipinski definition) is 16. The number of piperazine rings is 1. The van der Waals surface area contributed by atoms with E-state index in [1.807, 2.05) is 182 Å². The SMILES string of the molecule is C=S1(=O)CCN(C(C)(C)C)CC1.CC.CC.CC.CC.CC.CC.CC.CC.CC.CC(C)(C)N1CCC1.CC(C)(C)N1CCCC1.CC(C)(C)N1CCCCC1.CC(C)(C)N1CCCS(=O)(=O)C1.CC(C)(C)N1CCS(=O)(=O)C1.CC(C)N(C)c1ccccc1.CN1CCCN1C(C)(C)C.CN1CCN(C(C)(C)C)CC1. The van der Waals surface area contributed by atoms with Gasteiger partial charge in [-0.1, -0.05) is 149 Å². The van der Waals surface area contributed by atoms with Gasteiger partial charge in [-0.15, -0.1) is 0 Å². The molecular formula is C93H209N11O5S3. The van der Waals surface area contributed by atoms with Crippen molar-refractivity contribution in [3.63, 3.8) is 0 Å². The van der Waals surface area contributed by atoms with Crippen molar-refractivity contribution in [2.75, 3.05) is 166 Å². The molecule has 0 bridgehead atoms. The number of para-hydroxylation sites is 1. The van der Waals surface area contributed by atoms with Crippen molar-refractivity contribution in [2.45, 2.75) is 406 Å². The third kappa shape index (κ3) is 65.4. The summed E-state index contributed by atoms with van der Waals surface area (Å²) in [6.07, 6.45) is 10.5. The van der Waals surface area contributed by atoms with Crippen molar-refractivity contribution in [3.05, 3.63) is 30.3 Å². The number of benzene rings is 1. The fourth-order valence-corrected chi connectivity index (χ4v) is 16.5. The first kappa shape index (κ1) is 129. The Bertz CT molecular complexity index is 2530. The van der Waals surface area contributed by atoms with Crippen LogP contribution in [0.4, 0.5) is 5.69 Å². The van der Waals surface area contributed by atoms with E-state index in [0.717, 1.165) is 37.6 Å². The van der Waals surface area contributed by atoms with Crippen molar-refractivity contribution in [1.29, 1.82) is 0 Å². The van der Waals surface area contributed by atoms with E-state index in [1.54, 1.807) is 0 Å². The van der Waals surface area contributed by atoms with E-state index in [1.165, 1.54) is 129 Å². The lowest BCUT2D eigenvalue weighted by Crippen LogP contribution is -2.52. The minimum absolute atomic E-state index is 0.0103. The fraction of sp³-hybridized carbons (Fsp3) is 0.925. The number of nitrogens with zero attached hydrogens (tertiary/aromatic N) is 11. The molecule has 1 aromatic rings. The molecule has 0 radical (unpaired) electrons.